The Morgan fingerprint density at radius 2 is 2.24 bits per heavy atom. The van der Waals surface area contributed by atoms with Gasteiger partial charge in [0.2, 0.25) is 10.0 Å². The van der Waals surface area contributed by atoms with Crippen molar-refractivity contribution in [1.82, 2.24) is 4.31 Å². The van der Waals surface area contributed by atoms with E-state index in [0.29, 0.717) is 6.42 Å². The average molecular weight is 277 g/mol. The van der Waals surface area contributed by atoms with Gasteiger partial charge in [0.1, 0.15) is 4.88 Å². The molecule has 2 heterocycles. The van der Waals surface area contributed by atoms with Crippen molar-refractivity contribution in [3.8, 4) is 0 Å². The normalized spacial score (nSPS) is 21.8. The monoisotopic (exact) mass is 277 g/mol. The van der Waals surface area contributed by atoms with Crippen LogP contribution in [0.25, 0.3) is 0 Å². The number of carboxylic acid groups (broad SMARTS) is 1. The van der Waals surface area contributed by atoms with Gasteiger partial charge in [0.15, 0.2) is 0 Å². The number of rotatable bonds is 3. The molecular weight excluding hydrogens is 266 g/mol. The molecule has 1 aromatic heterocycles. The van der Waals surface area contributed by atoms with Gasteiger partial charge in [-0.05, 0) is 12.5 Å². The predicted molar refractivity (Wildman–Crippen MR) is 60.7 cm³/mol. The average Bonchev–Trinajstić information content (AvgIpc) is 2.85. The van der Waals surface area contributed by atoms with Gasteiger partial charge in [0.25, 0.3) is 0 Å². The molecule has 6 nitrogen and oxygen atoms in total. The zero-order chi connectivity index (χ0) is 12.6. The molecule has 1 atom stereocenters. The van der Waals surface area contributed by atoms with Crippen LogP contribution in [0.3, 0.4) is 0 Å². The third kappa shape index (κ3) is 2.34. The van der Waals surface area contributed by atoms with Crippen LogP contribution in [-0.4, -0.2) is 48.1 Å². The van der Waals surface area contributed by atoms with Crippen LogP contribution in [0.1, 0.15) is 16.1 Å². The largest absolute Gasteiger partial charge is 0.477 e. The van der Waals surface area contributed by atoms with Crippen molar-refractivity contribution in [2.45, 2.75) is 17.4 Å². The highest BCUT2D eigenvalue weighted by atomic mass is 32.2. The van der Waals surface area contributed by atoms with Crippen LogP contribution >= 0.6 is 11.3 Å². The third-order valence-corrected chi connectivity index (χ3v) is 5.46. The molecule has 2 rings (SSSR count). The SMILES string of the molecule is O=C(O)c1cc(S(=O)(=O)N2CC[C@@H](O)C2)cs1. The number of β-amino-alcohol motifs (C(OH)–C–C–N with tert-alkyl or cyclic N) is 1. The van der Waals surface area contributed by atoms with E-state index in [2.05, 4.69) is 0 Å². The van der Waals surface area contributed by atoms with Gasteiger partial charge in [-0.2, -0.15) is 4.31 Å². The van der Waals surface area contributed by atoms with Gasteiger partial charge in [-0.3, -0.25) is 0 Å². The molecule has 94 valence electrons. The minimum absolute atomic E-state index is 0.0108. The molecule has 17 heavy (non-hydrogen) atoms. The van der Waals surface area contributed by atoms with E-state index in [1.807, 2.05) is 0 Å². The first-order valence-electron chi connectivity index (χ1n) is 4.91. The van der Waals surface area contributed by atoms with Crippen molar-refractivity contribution in [3.05, 3.63) is 16.3 Å². The van der Waals surface area contributed by atoms with Crippen LogP contribution in [-0.2, 0) is 10.0 Å². The zero-order valence-corrected chi connectivity index (χ0v) is 10.4. The zero-order valence-electron chi connectivity index (χ0n) is 8.74. The number of carbonyl (C=O) groups is 1. The van der Waals surface area contributed by atoms with Crippen LogP contribution in [0.15, 0.2) is 16.3 Å². The summed E-state index contributed by atoms with van der Waals surface area (Å²) in [5.74, 6) is -1.14. The summed E-state index contributed by atoms with van der Waals surface area (Å²) in [6.45, 7) is 0.336. The molecule has 1 fully saturated rings. The summed E-state index contributed by atoms with van der Waals surface area (Å²) in [6, 6.07) is 1.15. The molecule has 1 saturated heterocycles. The highest BCUT2D eigenvalue weighted by molar-refractivity contribution is 7.89. The lowest BCUT2D eigenvalue weighted by atomic mass is 10.3. The molecule has 0 saturated carbocycles. The first kappa shape index (κ1) is 12.5. The van der Waals surface area contributed by atoms with E-state index in [-0.39, 0.29) is 22.9 Å². The quantitative estimate of drug-likeness (QED) is 0.823. The fourth-order valence-corrected chi connectivity index (χ4v) is 4.24. The highest BCUT2D eigenvalue weighted by Gasteiger charge is 2.32. The van der Waals surface area contributed by atoms with E-state index in [4.69, 9.17) is 5.11 Å². The van der Waals surface area contributed by atoms with Gasteiger partial charge in [-0.25, -0.2) is 13.2 Å². The molecule has 1 aliphatic rings. The van der Waals surface area contributed by atoms with Crippen LogP contribution < -0.4 is 0 Å². The summed E-state index contributed by atoms with van der Waals surface area (Å²) in [7, 11) is -3.66. The number of nitrogens with zero attached hydrogens (tertiary/aromatic N) is 1. The highest BCUT2D eigenvalue weighted by Crippen LogP contribution is 2.25. The van der Waals surface area contributed by atoms with Crippen LogP contribution in [0.4, 0.5) is 0 Å². The van der Waals surface area contributed by atoms with Crippen molar-refractivity contribution in [2.24, 2.45) is 0 Å². The topological polar surface area (TPSA) is 94.9 Å². The second-order valence-electron chi connectivity index (χ2n) is 3.76. The lowest BCUT2D eigenvalue weighted by molar-refractivity contribution is 0.0702. The molecule has 0 spiro atoms. The predicted octanol–water partition coefficient (Wildman–Crippen LogP) is 0.202. The summed E-state index contributed by atoms with van der Waals surface area (Å²) in [6.07, 6.45) is -0.225. The second kappa shape index (κ2) is 4.37. The Kier molecular flexibility index (Phi) is 3.21. The molecule has 0 radical (unpaired) electrons. The Morgan fingerprint density at radius 1 is 1.53 bits per heavy atom. The second-order valence-corrected chi connectivity index (χ2v) is 6.61. The lowest BCUT2D eigenvalue weighted by Gasteiger charge is -2.14. The Bertz CT molecular complexity index is 535. The van der Waals surface area contributed by atoms with Crippen LogP contribution in [0.2, 0.25) is 0 Å². The van der Waals surface area contributed by atoms with Crippen molar-refractivity contribution in [3.63, 3.8) is 0 Å². The molecule has 8 heteroatoms. The Labute approximate surface area is 102 Å². The number of aliphatic hydroxyl groups excluding tert-OH is 1. The lowest BCUT2D eigenvalue weighted by Crippen LogP contribution is -2.29. The number of thiophene rings is 1. The van der Waals surface area contributed by atoms with E-state index < -0.39 is 22.1 Å². The molecule has 0 aliphatic carbocycles. The van der Waals surface area contributed by atoms with Crippen molar-refractivity contribution in [2.75, 3.05) is 13.1 Å². The van der Waals surface area contributed by atoms with Gasteiger partial charge in [0.05, 0.1) is 11.0 Å². The number of hydrogen-bond acceptors (Lipinski definition) is 5. The van der Waals surface area contributed by atoms with Crippen LogP contribution in [0.5, 0.6) is 0 Å². The van der Waals surface area contributed by atoms with Crippen molar-refractivity contribution in [1.29, 1.82) is 0 Å². The Hall–Kier alpha value is -0.960. The summed E-state index contributed by atoms with van der Waals surface area (Å²) in [5.41, 5.74) is 0. The Balaban J connectivity index is 2.28. The minimum Gasteiger partial charge on any atom is -0.477 e. The molecule has 2 N–H and O–H groups in total. The molecular formula is C9H11NO5S2. The molecule has 0 aromatic carbocycles. The number of sulfonamides is 1. The van der Waals surface area contributed by atoms with E-state index in [1.54, 1.807) is 0 Å². The Morgan fingerprint density at radius 3 is 2.71 bits per heavy atom. The van der Waals surface area contributed by atoms with Crippen LogP contribution in [0, 0.1) is 0 Å². The maximum absolute atomic E-state index is 12.0. The molecule has 0 bridgehead atoms. The summed E-state index contributed by atoms with van der Waals surface area (Å²) in [5, 5.41) is 19.3. The molecule has 0 unspecified atom stereocenters. The molecule has 0 amide bonds. The summed E-state index contributed by atoms with van der Waals surface area (Å²) in [4.78, 5) is 10.6. The minimum atomic E-state index is -3.66. The van der Waals surface area contributed by atoms with Gasteiger partial charge < -0.3 is 10.2 Å². The number of carboxylic acids is 1. The standard InChI is InChI=1S/C9H11NO5S2/c11-6-1-2-10(4-6)17(14,15)7-3-8(9(12)13)16-5-7/h3,5-6,11H,1-2,4H2,(H,12,13)/t6-/m1/s1. The fourth-order valence-electron chi connectivity index (χ4n) is 1.64. The van der Waals surface area contributed by atoms with Gasteiger partial charge in [-0.15, -0.1) is 11.3 Å². The van der Waals surface area contributed by atoms with E-state index in [1.165, 1.54) is 9.69 Å². The maximum Gasteiger partial charge on any atom is 0.345 e. The van der Waals surface area contributed by atoms with E-state index >= 15 is 0 Å². The van der Waals surface area contributed by atoms with Crippen molar-refractivity contribution >= 4 is 27.3 Å². The smallest absolute Gasteiger partial charge is 0.345 e. The molecule has 1 aromatic rings. The van der Waals surface area contributed by atoms with Gasteiger partial charge in [0, 0.05) is 18.5 Å². The van der Waals surface area contributed by atoms with E-state index in [0.717, 1.165) is 17.4 Å². The molecule has 1 aliphatic heterocycles. The third-order valence-electron chi connectivity index (χ3n) is 2.55. The number of hydrogen-bond donors (Lipinski definition) is 2. The number of aromatic carboxylic acids is 1. The summed E-state index contributed by atoms with van der Waals surface area (Å²) >= 11 is 0.876. The van der Waals surface area contributed by atoms with Gasteiger partial charge >= 0.3 is 5.97 Å². The first-order chi connectivity index (χ1) is 7.91. The summed E-state index contributed by atoms with van der Waals surface area (Å²) < 4.78 is 25.3. The van der Waals surface area contributed by atoms with E-state index in [9.17, 15) is 18.3 Å². The maximum atomic E-state index is 12.0. The van der Waals surface area contributed by atoms with Crippen molar-refractivity contribution < 1.29 is 23.4 Å². The first-order valence-corrected chi connectivity index (χ1v) is 7.23. The number of aliphatic hydroxyl groups is 1. The van der Waals surface area contributed by atoms with Gasteiger partial charge in [-0.1, -0.05) is 0 Å². The fraction of sp³-hybridized carbons (Fsp3) is 0.444.